The van der Waals surface area contributed by atoms with Gasteiger partial charge in [-0.3, -0.25) is 9.48 Å². The lowest BCUT2D eigenvalue weighted by Crippen LogP contribution is -2.36. The molecule has 1 aliphatic rings. The van der Waals surface area contributed by atoms with Gasteiger partial charge < -0.3 is 20.1 Å². The third-order valence-electron chi connectivity index (χ3n) is 6.41. The van der Waals surface area contributed by atoms with Gasteiger partial charge in [-0.2, -0.15) is 23.4 Å². The molecule has 194 valence electrons. The van der Waals surface area contributed by atoms with E-state index in [-0.39, 0.29) is 29.5 Å². The van der Waals surface area contributed by atoms with Crippen molar-refractivity contribution in [3.63, 3.8) is 0 Å². The lowest BCUT2D eigenvalue weighted by Gasteiger charge is -2.33. The summed E-state index contributed by atoms with van der Waals surface area (Å²) >= 11 is 6.42. The van der Waals surface area contributed by atoms with Crippen LogP contribution in [0.25, 0.3) is 0 Å². The van der Waals surface area contributed by atoms with E-state index in [0.29, 0.717) is 17.1 Å². The molecule has 0 saturated carbocycles. The minimum absolute atomic E-state index is 0.0797. The Labute approximate surface area is 210 Å². The van der Waals surface area contributed by atoms with Crippen LogP contribution < -0.4 is 20.1 Å². The van der Waals surface area contributed by atoms with Crippen LogP contribution in [0.2, 0.25) is 5.02 Å². The molecule has 1 amide bonds. The molecule has 2 N–H and O–H groups in total. The van der Waals surface area contributed by atoms with Crippen LogP contribution in [-0.2, 0) is 13.6 Å². The van der Waals surface area contributed by atoms with Crippen LogP contribution in [0.1, 0.15) is 51.5 Å². The van der Waals surface area contributed by atoms with Crippen molar-refractivity contribution in [3.05, 3.63) is 51.4 Å². The van der Waals surface area contributed by atoms with E-state index in [1.807, 2.05) is 13.8 Å². The highest BCUT2D eigenvalue weighted by atomic mass is 35.5. The Bertz CT molecular complexity index is 1300. The highest BCUT2D eigenvalue weighted by Gasteiger charge is 2.48. The highest BCUT2D eigenvalue weighted by Crippen LogP contribution is 2.47. The SMILES string of the molecule is COc1ccc([C@@H]2C[C@H](C(F)(F)F)n3nc(C(=O)NCc4c(C)nn(C)c4C)c(Cl)c3N2)cc1OC. The molecule has 0 aliphatic carbocycles. The third-order valence-corrected chi connectivity index (χ3v) is 6.76. The number of aryl methyl sites for hydroxylation is 2. The first-order chi connectivity index (χ1) is 17.0. The minimum Gasteiger partial charge on any atom is -0.493 e. The topological polar surface area (TPSA) is 95.2 Å². The van der Waals surface area contributed by atoms with Crippen molar-refractivity contribution in [2.45, 2.75) is 45.1 Å². The summed E-state index contributed by atoms with van der Waals surface area (Å²) in [4.78, 5) is 12.9. The van der Waals surface area contributed by atoms with E-state index in [9.17, 15) is 18.0 Å². The number of rotatable bonds is 6. The third kappa shape index (κ3) is 4.57. The molecule has 36 heavy (non-hydrogen) atoms. The molecule has 1 aromatic carbocycles. The van der Waals surface area contributed by atoms with E-state index >= 15 is 0 Å². The number of carbonyl (C=O) groups is 1. The lowest BCUT2D eigenvalue weighted by molar-refractivity contribution is -0.173. The summed E-state index contributed by atoms with van der Waals surface area (Å²) in [5, 5.41) is 13.8. The summed E-state index contributed by atoms with van der Waals surface area (Å²) in [5.74, 6) is 0.0657. The molecular weight excluding hydrogens is 501 g/mol. The molecule has 3 heterocycles. The van der Waals surface area contributed by atoms with Crippen molar-refractivity contribution >= 4 is 23.3 Å². The molecule has 0 bridgehead atoms. The number of fused-ring (bicyclic) bond motifs is 1. The smallest absolute Gasteiger partial charge is 0.410 e. The second-order valence-corrected chi connectivity index (χ2v) is 8.89. The average molecular weight is 527 g/mol. The summed E-state index contributed by atoms with van der Waals surface area (Å²) < 4.78 is 55.2. The molecule has 4 rings (SSSR count). The molecule has 0 fully saturated rings. The van der Waals surface area contributed by atoms with Gasteiger partial charge in [-0.05, 0) is 31.5 Å². The van der Waals surface area contributed by atoms with Gasteiger partial charge in [-0.25, -0.2) is 4.68 Å². The zero-order chi connectivity index (χ0) is 26.4. The molecular formula is C23H26ClF3N6O3. The van der Waals surface area contributed by atoms with Gasteiger partial charge in [0.05, 0.1) is 26.0 Å². The first kappa shape index (κ1) is 25.7. The minimum atomic E-state index is -4.63. The van der Waals surface area contributed by atoms with Gasteiger partial charge >= 0.3 is 6.18 Å². The van der Waals surface area contributed by atoms with Crippen molar-refractivity contribution in [2.24, 2.45) is 7.05 Å². The van der Waals surface area contributed by atoms with Gasteiger partial charge in [0.2, 0.25) is 0 Å². The number of amides is 1. The Morgan fingerprint density at radius 1 is 1.22 bits per heavy atom. The molecule has 9 nitrogen and oxygen atoms in total. The molecule has 0 saturated heterocycles. The largest absolute Gasteiger partial charge is 0.493 e. The van der Waals surface area contributed by atoms with Gasteiger partial charge in [0, 0.05) is 31.3 Å². The number of anilines is 1. The second kappa shape index (κ2) is 9.57. The Morgan fingerprint density at radius 2 is 1.92 bits per heavy atom. The number of halogens is 4. The van der Waals surface area contributed by atoms with Crippen LogP contribution in [0.15, 0.2) is 18.2 Å². The van der Waals surface area contributed by atoms with Crippen molar-refractivity contribution in [1.82, 2.24) is 24.9 Å². The molecule has 0 spiro atoms. The average Bonchev–Trinajstić information content (AvgIpc) is 3.30. The monoisotopic (exact) mass is 526 g/mol. The zero-order valence-electron chi connectivity index (χ0n) is 20.3. The summed E-state index contributed by atoms with van der Waals surface area (Å²) in [6.07, 6.45) is -4.99. The number of hydrogen-bond donors (Lipinski definition) is 2. The van der Waals surface area contributed by atoms with E-state index in [0.717, 1.165) is 21.6 Å². The normalized spacial score (nSPS) is 17.4. The molecule has 2 aromatic heterocycles. The Kier molecular flexibility index (Phi) is 6.82. The number of benzene rings is 1. The first-order valence-corrected chi connectivity index (χ1v) is 11.4. The number of methoxy groups -OCH3 is 2. The van der Waals surface area contributed by atoms with Crippen molar-refractivity contribution in [2.75, 3.05) is 19.5 Å². The van der Waals surface area contributed by atoms with Crippen LogP contribution in [0.4, 0.5) is 19.0 Å². The van der Waals surface area contributed by atoms with E-state index in [1.54, 1.807) is 29.9 Å². The number of nitrogens with one attached hydrogen (secondary N) is 2. The van der Waals surface area contributed by atoms with E-state index in [2.05, 4.69) is 20.8 Å². The molecule has 1 aliphatic heterocycles. The number of alkyl halides is 3. The van der Waals surface area contributed by atoms with Crippen molar-refractivity contribution < 1.29 is 27.4 Å². The van der Waals surface area contributed by atoms with Crippen molar-refractivity contribution in [3.8, 4) is 11.5 Å². The van der Waals surface area contributed by atoms with E-state index in [1.165, 1.54) is 14.2 Å². The number of nitrogens with zero attached hydrogens (tertiary/aromatic N) is 4. The molecule has 0 radical (unpaired) electrons. The van der Waals surface area contributed by atoms with E-state index < -0.39 is 24.2 Å². The fraction of sp³-hybridized carbons (Fsp3) is 0.435. The number of aromatic nitrogens is 4. The van der Waals surface area contributed by atoms with Crippen LogP contribution >= 0.6 is 11.6 Å². The Hall–Kier alpha value is -3.41. The lowest BCUT2D eigenvalue weighted by atomic mass is 9.96. The van der Waals surface area contributed by atoms with Crippen LogP contribution in [0.5, 0.6) is 11.5 Å². The standard InChI is InChI=1S/C23H26ClF3N6O3/c1-11-14(12(2)32(3)30-11)10-28-22(34)20-19(24)21-29-15(9-18(23(25,26)27)33(21)31-20)13-6-7-16(35-4)17(8-13)36-5/h6-8,15,18,29H,9-10H2,1-5H3,(H,28,34)/t15-,18+/m0/s1. The van der Waals surface area contributed by atoms with Crippen LogP contribution in [-0.4, -0.2) is 45.9 Å². The summed E-state index contributed by atoms with van der Waals surface area (Å²) in [7, 11) is 4.70. The maximum Gasteiger partial charge on any atom is 0.410 e. The van der Waals surface area contributed by atoms with Crippen LogP contribution in [0, 0.1) is 13.8 Å². The Balaban J connectivity index is 1.65. The number of carbonyl (C=O) groups excluding carboxylic acids is 1. The summed E-state index contributed by atoms with van der Waals surface area (Å²) in [6, 6.07) is 2.12. The molecule has 3 aromatic rings. The summed E-state index contributed by atoms with van der Waals surface area (Å²) in [6.45, 7) is 3.80. The predicted octanol–water partition coefficient (Wildman–Crippen LogP) is 4.49. The van der Waals surface area contributed by atoms with Gasteiger partial charge in [0.1, 0.15) is 10.8 Å². The maximum atomic E-state index is 14.1. The van der Waals surface area contributed by atoms with Crippen LogP contribution in [0.3, 0.4) is 0 Å². The number of hydrogen-bond acceptors (Lipinski definition) is 6. The quantitative estimate of drug-likeness (QED) is 0.491. The first-order valence-electron chi connectivity index (χ1n) is 11.1. The zero-order valence-corrected chi connectivity index (χ0v) is 21.1. The van der Waals surface area contributed by atoms with Gasteiger partial charge in [0.15, 0.2) is 23.2 Å². The number of ether oxygens (including phenoxy) is 2. The fourth-order valence-electron chi connectivity index (χ4n) is 4.35. The maximum absolute atomic E-state index is 14.1. The Morgan fingerprint density at radius 3 is 2.50 bits per heavy atom. The summed E-state index contributed by atoms with van der Waals surface area (Å²) in [5.41, 5.74) is 2.66. The van der Waals surface area contributed by atoms with Gasteiger partial charge in [-0.1, -0.05) is 17.7 Å². The molecule has 13 heteroatoms. The fourth-order valence-corrected chi connectivity index (χ4v) is 4.61. The predicted molar refractivity (Wildman–Crippen MR) is 127 cm³/mol. The molecule has 0 unspecified atom stereocenters. The molecule has 2 atom stereocenters. The second-order valence-electron chi connectivity index (χ2n) is 8.52. The van der Waals surface area contributed by atoms with Gasteiger partial charge in [-0.15, -0.1) is 0 Å². The van der Waals surface area contributed by atoms with Crippen molar-refractivity contribution in [1.29, 1.82) is 0 Å². The van der Waals surface area contributed by atoms with E-state index in [4.69, 9.17) is 21.1 Å². The highest BCUT2D eigenvalue weighted by molar-refractivity contribution is 6.36. The van der Waals surface area contributed by atoms with Gasteiger partial charge in [0.25, 0.3) is 5.91 Å².